The average Bonchev–Trinajstić information content (AvgIpc) is 3.04. The van der Waals surface area contributed by atoms with E-state index < -0.39 is 0 Å². The van der Waals surface area contributed by atoms with Crippen molar-refractivity contribution in [2.24, 2.45) is 24.3 Å². The summed E-state index contributed by atoms with van der Waals surface area (Å²) in [4.78, 5) is 0. The summed E-state index contributed by atoms with van der Waals surface area (Å²) in [6.45, 7) is 0. The van der Waals surface area contributed by atoms with Gasteiger partial charge in [-0.15, -0.1) is 0 Å². The number of oxazole rings is 2. The summed E-state index contributed by atoms with van der Waals surface area (Å²) in [5.41, 5.74) is 4.31. The van der Waals surface area contributed by atoms with Gasteiger partial charge >= 0.3 is 11.4 Å². The van der Waals surface area contributed by atoms with Crippen LogP contribution in [0.2, 0.25) is 0 Å². The molecule has 0 spiro atoms. The molecule has 6 nitrogen and oxygen atoms in total. The third-order valence-corrected chi connectivity index (χ3v) is 3.65. The molecule has 0 radical (unpaired) electrons. The van der Waals surface area contributed by atoms with Crippen molar-refractivity contribution in [3.63, 3.8) is 0 Å². The van der Waals surface area contributed by atoms with Crippen LogP contribution in [-0.4, -0.2) is 9.13 Å². The molecule has 0 atom stereocenters. The van der Waals surface area contributed by atoms with Gasteiger partial charge in [0.2, 0.25) is 0 Å². The van der Waals surface area contributed by atoms with Crippen LogP contribution in [0.5, 0.6) is 0 Å². The molecule has 0 fully saturated rings. The number of hydrogen-bond acceptors (Lipinski definition) is 4. The number of aryl methyl sites for hydroxylation is 2. The second-order valence-electron chi connectivity index (χ2n) is 5.02. The Bertz CT molecular complexity index is 1020. The molecule has 0 unspecified atom stereocenters. The molecule has 0 saturated heterocycles. The van der Waals surface area contributed by atoms with Crippen LogP contribution >= 0.6 is 0 Å². The van der Waals surface area contributed by atoms with Crippen molar-refractivity contribution in [1.29, 1.82) is 0 Å². The number of fused-ring (bicyclic) bond motifs is 2. The molecule has 4 rings (SSSR count). The highest BCUT2D eigenvalue weighted by Crippen LogP contribution is 2.11. The number of nitrogens with zero attached hydrogens (tertiary/aromatic N) is 4. The number of benzene rings is 2. The van der Waals surface area contributed by atoms with Gasteiger partial charge in [0.1, 0.15) is 0 Å². The first-order valence-corrected chi connectivity index (χ1v) is 6.91. The Balaban J connectivity index is 1.94. The van der Waals surface area contributed by atoms with Gasteiger partial charge in [-0.05, 0) is 24.3 Å². The Kier molecular flexibility index (Phi) is 2.75. The summed E-state index contributed by atoms with van der Waals surface area (Å²) in [5.74, 6) is 0. The van der Waals surface area contributed by atoms with Crippen molar-refractivity contribution in [2.75, 3.05) is 0 Å². The summed E-state index contributed by atoms with van der Waals surface area (Å²) in [6.07, 6.45) is 0. The molecular formula is C16H14N4O2. The second-order valence-corrected chi connectivity index (χ2v) is 5.02. The molecular weight excluding hydrogens is 280 g/mol. The number of para-hydroxylation sites is 4. The SMILES string of the molecule is Cn1/c(=N/N=c2/oc3ccccc3n2C)oc2ccccc21. The van der Waals surface area contributed by atoms with Gasteiger partial charge in [0.15, 0.2) is 11.2 Å². The van der Waals surface area contributed by atoms with E-state index in [1.165, 1.54) is 0 Å². The molecule has 2 aromatic carbocycles. The third-order valence-electron chi connectivity index (χ3n) is 3.65. The van der Waals surface area contributed by atoms with Crippen molar-refractivity contribution in [3.05, 3.63) is 59.9 Å². The summed E-state index contributed by atoms with van der Waals surface area (Å²) in [6, 6.07) is 15.5. The number of rotatable bonds is 1. The van der Waals surface area contributed by atoms with Crippen LogP contribution in [-0.2, 0) is 14.1 Å². The molecule has 0 amide bonds. The van der Waals surface area contributed by atoms with Gasteiger partial charge in [0, 0.05) is 14.1 Å². The first-order chi connectivity index (χ1) is 10.7. The number of aromatic nitrogens is 2. The average molecular weight is 294 g/mol. The van der Waals surface area contributed by atoms with Crippen LogP contribution in [0, 0.1) is 0 Å². The molecule has 0 aliphatic rings. The van der Waals surface area contributed by atoms with E-state index in [0.29, 0.717) is 11.4 Å². The lowest BCUT2D eigenvalue weighted by atomic mass is 10.3. The third kappa shape index (κ3) is 1.88. The fraction of sp³-hybridized carbons (Fsp3) is 0.125. The monoisotopic (exact) mass is 294 g/mol. The van der Waals surface area contributed by atoms with E-state index in [4.69, 9.17) is 8.83 Å². The Hall–Kier alpha value is -3.02. The molecule has 0 bridgehead atoms. The minimum atomic E-state index is 0.418. The van der Waals surface area contributed by atoms with Crippen molar-refractivity contribution in [1.82, 2.24) is 9.13 Å². The molecule has 0 saturated carbocycles. The summed E-state index contributed by atoms with van der Waals surface area (Å²) in [7, 11) is 3.78. The molecule has 22 heavy (non-hydrogen) atoms. The molecule has 0 aliphatic heterocycles. The van der Waals surface area contributed by atoms with Gasteiger partial charge in [0.05, 0.1) is 11.0 Å². The Morgan fingerprint density at radius 2 is 1.09 bits per heavy atom. The Morgan fingerprint density at radius 1 is 0.682 bits per heavy atom. The van der Waals surface area contributed by atoms with Crippen molar-refractivity contribution in [2.45, 2.75) is 0 Å². The zero-order valence-corrected chi connectivity index (χ0v) is 12.2. The maximum absolute atomic E-state index is 5.69. The first kappa shape index (κ1) is 12.7. The molecule has 4 aromatic rings. The van der Waals surface area contributed by atoms with E-state index in [-0.39, 0.29) is 0 Å². The predicted molar refractivity (Wildman–Crippen MR) is 81.5 cm³/mol. The maximum atomic E-state index is 5.69. The number of hydrogen-bond donors (Lipinski definition) is 0. The van der Waals surface area contributed by atoms with Crippen LogP contribution in [0.25, 0.3) is 22.2 Å². The lowest BCUT2D eigenvalue weighted by Gasteiger charge is -1.90. The fourth-order valence-corrected chi connectivity index (χ4v) is 2.44. The van der Waals surface area contributed by atoms with E-state index in [1.54, 1.807) is 0 Å². The highest BCUT2D eigenvalue weighted by molar-refractivity contribution is 5.72. The van der Waals surface area contributed by atoms with Crippen LogP contribution in [0.15, 0.2) is 67.6 Å². The normalized spacial score (nSPS) is 13.5. The molecule has 110 valence electrons. The smallest absolute Gasteiger partial charge is 0.321 e. The fourth-order valence-electron chi connectivity index (χ4n) is 2.44. The predicted octanol–water partition coefficient (Wildman–Crippen LogP) is 2.27. The van der Waals surface area contributed by atoms with Crippen LogP contribution in [0.1, 0.15) is 0 Å². The van der Waals surface area contributed by atoms with Gasteiger partial charge < -0.3 is 8.83 Å². The summed E-state index contributed by atoms with van der Waals surface area (Å²) >= 11 is 0. The van der Waals surface area contributed by atoms with Gasteiger partial charge in [-0.25, -0.2) is 0 Å². The van der Waals surface area contributed by atoms with Gasteiger partial charge in [-0.1, -0.05) is 34.5 Å². The zero-order valence-electron chi connectivity index (χ0n) is 12.2. The molecule has 2 heterocycles. The van der Waals surface area contributed by atoms with Gasteiger partial charge in [0.25, 0.3) is 0 Å². The van der Waals surface area contributed by atoms with Crippen molar-refractivity contribution < 1.29 is 8.83 Å². The lowest BCUT2D eigenvalue weighted by molar-refractivity contribution is 0.473. The summed E-state index contributed by atoms with van der Waals surface area (Å²) < 4.78 is 15.1. The molecule has 2 aromatic heterocycles. The van der Waals surface area contributed by atoms with E-state index in [9.17, 15) is 0 Å². The van der Waals surface area contributed by atoms with Gasteiger partial charge in [-0.3, -0.25) is 9.13 Å². The highest BCUT2D eigenvalue weighted by atomic mass is 16.4. The van der Waals surface area contributed by atoms with Crippen molar-refractivity contribution >= 4 is 22.2 Å². The largest absolute Gasteiger partial charge is 0.422 e. The Morgan fingerprint density at radius 3 is 1.50 bits per heavy atom. The molecule has 0 aliphatic carbocycles. The zero-order chi connectivity index (χ0) is 15.1. The highest BCUT2D eigenvalue weighted by Gasteiger charge is 2.04. The lowest BCUT2D eigenvalue weighted by Crippen LogP contribution is -2.15. The Labute approximate surface area is 125 Å². The van der Waals surface area contributed by atoms with Gasteiger partial charge in [-0.2, -0.15) is 0 Å². The molecule has 6 heteroatoms. The standard InChI is InChI=1S/C16H14N4O2/c1-19-11-7-3-5-9-13(11)21-15(19)17-18-16-20(2)12-8-4-6-10-14(12)22-16/h3-10H,1-2H3/b17-15-,18-16+. The van der Waals surface area contributed by atoms with Crippen LogP contribution < -0.4 is 11.4 Å². The van der Waals surface area contributed by atoms with Crippen LogP contribution in [0.3, 0.4) is 0 Å². The molecule has 0 N–H and O–H groups in total. The maximum Gasteiger partial charge on any atom is 0.321 e. The van der Waals surface area contributed by atoms with Crippen LogP contribution in [0.4, 0.5) is 0 Å². The van der Waals surface area contributed by atoms with E-state index in [2.05, 4.69) is 10.2 Å². The van der Waals surface area contributed by atoms with E-state index >= 15 is 0 Å². The first-order valence-electron chi connectivity index (χ1n) is 6.91. The quantitative estimate of drug-likeness (QED) is 0.506. The van der Waals surface area contributed by atoms with Crippen molar-refractivity contribution in [3.8, 4) is 0 Å². The summed E-state index contributed by atoms with van der Waals surface area (Å²) in [5, 5.41) is 8.35. The van der Waals surface area contributed by atoms with E-state index in [0.717, 1.165) is 22.2 Å². The minimum Gasteiger partial charge on any atom is -0.422 e. The van der Waals surface area contributed by atoms with E-state index in [1.807, 2.05) is 71.8 Å². The topological polar surface area (TPSA) is 60.9 Å². The second kappa shape index (κ2) is 4.77. The minimum absolute atomic E-state index is 0.418.